The van der Waals surface area contributed by atoms with Gasteiger partial charge >= 0.3 is 0 Å². The number of aromatic nitrogens is 3. The molecule has 0 aromatic carbocycles. The number of nitrogens with two attached hydrogens (primary N) is 1. The number of nitrogens with one attached hydrogen (secondary N) is 1. The Hall–Kier alpha value is -1.26. The molecule has 0 bridgehead atoms. The summed E-state index contributed by atoms with van der Waals surface area (Å²) in [6, 6.07) is 0.447. The molecule has 0 aliphatic heterocycles. The Morgan fingerprint density at radius 2 is 2.00 bits per heavy atom. The number of hydrogen-bond acceptors (Lipinski definition) is 4. The van der Waals surface area contributed by atoms with Crippen LogP contribution in [0.5, 0.6) is 0 Å². The van der Waals surface area contributed by atoms with Crippen LogP contribution in [0.15, 0.2) is 0 Å². The third-order valence-corrected chi connectivity index (χ3v) is 3.16. The molecule has 1 aromatic heterocycles. The van der Waals surface area contributed by atoms with Crippen molar-refractivity contribution < 1.29 is 0 Å². The summed E-state index contributed by atoms with van der Waals surface area (Å²) >= 11 is 0. The summed E-state index contributed by atoms with van der Waals surface area (Å²) in [5.41, 5.74) is 5.90. The fraction of sp³-hybridized carbons (Fsp3) is 0.818. The molecule has 1 fully saturated rings. The maximum Gasteiger partial charge on any atom is 0.243 e. The second-order valence-corrected chi connectivity index (χ2v) is 4.41. The molecule has 1 heterocycles. The highest BCUT2D eigenvalue weighted by atomic mass is 15.4. The van der Waals surface area contributed by atoms with E-state index in [1.165, 1.54) is 38.5 Å². The maximum absolute atomic E-state index is 5.90. The van der Waals surface area contributed by atoms with Gasteiger partial charge in [0.05, 0.1) is 6.04 Å². The zero-order valence-electron chi connectivity index (χ0n) is 9.95. The second-order valence-electron chi connectivity index (χ2n) is 4.41. The fourth-order valence-corrected chi connectivity index (χ4v) is 2.34. The van der Waals surface area contributed by atoms with Crippen LogP contribution in [0.1, 0.15) is 51.5 Å². The van der Waals surface area contributed by atoms with Crippen molar-refractivity contribution in [3.63, 3.8) is 0 Å². The van der Waals surface area contributed by atoms with Crippen LogP contribution in [0, 0.1) is 0 Å². The van der Waals surface area contributed by atoms with Gasteiger partial charge in [0, 0.05) is 6.54 Å². The van der Waals surface area contributed by atoms with Crippen LogP contribution >= 0.6 is 0 Å². The van der Waals surface area contributed by atoms with E-state index in [0.717, 1.165) is 6.54 Å². The minimum atomic E-state index is 0.447. The lowest BCUT2D eigenvalue weighted by molar-refractivity contribution is 0.411. The number of rotatable bonds is 3. The summed E-state index contributed by atoms with van der Waals surface area (Å²) in [6.45, 7) is 2.86. The van der Waals surface area contributed by atoms with Crippen LogP contribution in [0.4, 0.5) is 11.9 Å². The molecular formula is C11H21N5. The first-order chi connectivity index (χ1) is 7.81. The van der Waals surface area contributed by atoms with Crippen LogP contribution in [0.25, 0.3) is 0 Å². The van der Waals surface area contributed by atoms with E-state index in [9.17, 15) is 0 Å². The Balaban J connectivity index is 2.11. The predicted molar refractivity (Wildman–Crippen MR) is 65.3 cm³/mol. The first-order valence-electron chi connectivity index (χ1n) is 6.27. The van der Waals surface area contributed by atoms with E-state index < -0.39 is 0 Å². The first kappa shape index (κ1) is 11.2. The highest BCUT2D eigenvalue weighted by molar-refractivity contribution is 5.31. The predicted octanol–water partition coefficient (Wildman–Crippen LogP) is 2.19. The van der Waals surface area contributed by atoms with Crippen molar-refractivity contribution in [1.29, 1.82) is 0 Å². The van der Waals surface area contributed by atoms with Gasteiger partial charge in [0.25, 0.3) is 0 Å². The molecule has 0 atom stereocenters. The van der Waals surface area contributed by atoms with Crippen LogP contribution in [0.3, 0.4) is 0 Å². The third kappa shape index (κ3) is 2.46. The lowest BCUT2D eigenvalue weighted by atomic mass is 10.1. The van der Waals surface area contributed by atoms with E-state index in [0.29, 0.717) is 17.9 Å². The van der Waals surface area contributed by atoms with E-state index in [1.807, 2.05) is 11.6 Å². The van der Waals surface area contributed by atoms with Gasteiger partial charge < -0.3 is 11.1 Å². The zero-order valence-corrected chi connectivity index (χ0v) is 9.95. The van der Waals surface area contributed by atoms with Gasteiger partial charge in [0.1, 0.15) is 0 Å². The van der Waals surface area contributed by atoms with Gasteiger partial charge in [-0.25, -0.2) is 4.68 Å². The minimum absolute atomic E-state index is 0.447. The van der Waals surface area contributed by atoms with Gasteiger partial charge in [-0.2, -0.15) is 4.98 Å². The average molecular weight is 223 g/mol. The Bertz CT molecular complexity index is 325. The molecule has 90 valence electrons. The highest BCUT2D eigenvalue weighted by Crippen LogP contribution is 2.28. The molecule has 1 aliphatic rings. The minimum Gasteiger partial charge on any atom is -0.368 e. The van der Waals surface area contributed by atoms with Crippen molar-refractivity contribution in [1.82, 2.24) is 14.8 Å². The van der Waals surface area contributed by atoms with E-state index in [-0.39, 0.29) is 0 Å². The molecule has 2 rings (SSSR count). The van der Waals surface area contributed by atoms with E-state index >= 15 is 0 Å². The first-order valence-corrected chi connectivity index (χ1v) is 6.27. The summed E-state index contributed by atoms with van der Waals surface area (Å²) in [6.07, 6.45) is 7.59. The topological polar surface area (TPSA) is 68.8 Å². The molecule has 0 amide bonds. The number of nitrogen functional groups attached to an aromatic ring is 1. The number of anilines is 2. The van der Waals surface area contributed by atoms with Crippen molar-refractivity contribution in [2.75, 3.05) is 17.6 Å². The van der Waals surface area contributed by atoms with Crippen molar-refractivity contribution in [2.24, 2.45) is 0 Å². The molecular weight excluding hydrogens is 202 g/mol. The summed E-state index contributed by atoms with van der Waals surface area (Å²) in [5.74, 6) is 1.20. The monoisotopic (exact) mass is 223 g/mol. The summed E-state index contributed by atoms with van der Waals surface area (Å²) < 4.78 is 1.91. The lowest BCUT2D eigenvalue weighted by Crippen LogP contribution is -2.13. The third-order valence-electron chi connectivity index (χ3n) is 3.16. The molecule has 1 saturated carbocycles. The summed E-state index contributed by atoms with van der Waals surface area (Å²) in [7, 11) is 0. The van der Waals surface area contributed by atoms with Crippen molar-refractivity contribution in [3.8, 4) is 0 Å². The SMILES string of the molecule is CCNc1nc(N)n(C2CCCCCC2)n1. The van der Waals surface area contributed by atoms with Crippen LogP contribution in [-0.2, 0) is 0 Å². The number of nitrogens with zero attached hydrogens (tertiary/aromatic N) is 3. The van der Waals surface area contributed by atoms with Crippen LogP contribution in [-0.4, -0.2) is 21.3 Å². The van der Waals surface area contributed by atoms with Crippen molar-refractivity contribution in [2.45, 2.75) is 51.5 Å². The van der Waals surface area contributed by atoms with Crippen molar-refractivity contribution in [3.05, 3.63) is 0 Å². The average Bonchev–Trinajstić information content (AvgIpc) is 2.52. The van der Waals surface area contributed by atoms with Crippen molar-refractivity contribution >= 4 is 11.9 Å². The molecule has 3 N–H and O–H groups in total. The molecule has 16 heavy (non-hydrogen) atoms. The zero-order chi connectivity index (χ0) is 11.4. The van der Waals surface area contributed by atoms with Gasteiger partial charge in [0.2, 0.25) is 11.9 Å². The fourth-order valence-electron chi connectivity index (χ4n) is 2.34. The van der Waals surface area contributed by atoms with Gasteiger partial charge in [-0.1, -0.05) is 25.7 Å². The lowest BCUT2D eigenvalue weighted by Gasteiger charge is -2.14. The van der Waals surface area contributed by atoms with Gasteiger partial charge in [-0.3, -0.25) is 0 Å². The Morgan fingerprint density at radius 1 is 1.31 bits per heavy atom. The smallest absolute Gasteiger partial charge is 0.243 e. The van der Waals surface area contributed by atoms with Gasteiger partial charge in [0.15, 0.2) is 0 Å². The quantitative estimate of drug-likeness (QED) is 0.771. The molecule has 5 heteroatoms. The Labute approximate surface area is 96.4 Å². The molecule has 0 saturated heterocycles. The van der Waals surface area contributed by atoms with Gasteiger partial charge in [-0.05, 0) is 19.8 Å². The Morgan fingerprint density at radius 3 is 2.62 bits per heavy atom. The van der Waals surface area contributed by atoms with E-state index in [4.69, 9.17) is 5.73 Å². The molecule has 1 aliphatic carbocycles. The highest BCUT2D eigenvalue weighted by Gasteiger charge is 2.18. The maximum atomic E-state index is 5.90. The normalized spacial score (nSPS) is 18.3. The van der Waals surface area contributed by atoms with Crippen LogP contribution < -0.4 is 11.1 Å². The molecule has 5 nitrogen and oxygen atoms in total. The van der Waals surface area contributed by atoms with E-state index in [2.05, 4.69) is 15.4 Å². The largest absolute Gasteiger partial charge is 0.368 e. The summed E-state index contributed by atoms with van der Waals surface area (Å²) in [5, 5.41) is 7.53. The molecule has 0 spiro atoms. The number of hydrogen-bond donors (Lipinski definition) is 2. The molecule has 1 aromatic rings. The molecule has 0 unspecified atom stereocenters. The van der Waals surface area contributed by atoms with Crippen LogP contribution in [0.2, 0.25) is 0 Å². The van der Waals surface area contributed by atoms with E-state index in [1.54, 1.807) is 0 Å². The standard InChI is InChI=1S/C11H21N5/c1-2-13-11-14-10(12)16(15-11)9-7-5-3-4-6-8-9/h9H,2-8H2,1H3,(H3,12,13,14,15). The summed E-state index contributed by atoms with van der Waals surface area (Å²) in [4.78, 5) is 4.22. The van der Waals surface area contributed by atoms with Gasteiger partial charge in [-0.15, -0.1) is 5.10 Å². The molecule has 0 radical (unpaired) electrons. The second kappa shape index (κ2) is 5.18. The Kier molecular flexibility index (Phi) is 3.64.